The molecule has 0 spiro atoms. The van der Waals surface area contributed by atoms with Crippen molar-refractivity contribution in [3.05, 3.63) is 24.3 Å². The minimum Gasteiger partial charge on any atom is -0.372 e. The molecule has 2 atom stereocenters. The van der Waals surface area contributed by atoms with E-state index in [1.54, 1.807) is 13.8 Å². The number of rotatable bonds is 6. The maximum absolute atomic E-state index is 12.7. The van der Waals surface area contributed by atoms with E-state index < -0.39 is 15.3 Å². The van der Waals surface area contributed by atoms with E-state index in [0.717, 1.165) is 24.5 Å². The molecular formula is C22H35N3O4S. The second-order valence-corrected chi connectivity index (χ2v) is 11.2. The van der Waals surface area contributed by atoms with Gasteiger partial charge >= 0.3 is 0 Å². The number of hydrogen-bond acceptors (Lipinski definition) is 5. The third-order valence-electron chi connectivity index (χ3n) is 5.97. The van der Waals surface area contributed by atoms with E-state index in [0.29, 0.717) is 25.7 Å². The van der Waals surface area contributed by atoms with Crippen molar-refractivity contribution in [1.29, 1.82) is 0 Å². The molecule has 3 rings (SSSR count). The average Bonchev–Trinajstić information content (AvgIpc) is 2.68. The van der Waals surface area contributed by atoms with Crippen LogP contribution in [-0.2, 0) is 19.6 Å². The number of nitrogens with one attached hydrogen (secondary N) is 2. The molecular weight excluding hydrogens is 402 g/mol. The van der Waals surface area contributed by atoms with Crippen molar-refractivity contribution in [2.24, 2.45) is 5.92 Å². The fourth-order valence-electron chi connectivity index (χ4n) is 4.23. The summed E-state index contributed by atoms with van der Waals surface area (Å²) in [5, 5.41) is 2.58. The summed E-state index contributed by atoms with van der Waals surface area (Å²) in [7, 11) is -3.27. The van der Waals surface area contributed by atoms with Crippen LogP contribution in [0.1, 0.15) is 53.4 Å². The first-order valence-electron chi connectivity index (χ1n) is 11.0. The summed E-state index contributed by atoms with van der Waals surface area (Å²) >= 11 is 0. The van der Waals surface area contributed by atoms with Crippen LogP contribution in [0.25, 0.3) is 0 Å². The number of sulfonamides is 1. The van der Waals surface area contributed by atoms with Crippen molar-refractivity contribution in [1.82, 2.24) is 4.72 Å². The van der Waals surface area contributed by atoms with Gasteiger partial charge in [0.25, 0.3) is 0 Å². The molecule has 2 aliphatic rings. The molecule has 1 amide bonds. The monoisotopic (exact) mass is 437 g/mol. The number of morpholine rings is 1. The van der Waals surface area contributed by atoms with Crippen LogP contribution in [0.15, 0.2) is 24.3 Å². The van der Waals surface area contributed by atoms with Gasteiger partial charge in [0.05, 0.1) is 17.5 Å². The molecule has 0 radical (unpaired) electrons. The molecule has 1 saturated carbocycles. The molecule has 30 heavy (non-hydrogen) atoms. The highest BCUT2D eigenvalue weighted by atomic mass is 32.2. The van der Waals surface area contributed by atoms with E-state index in [1.165, 1.54) is 0 Å². The van der Waals surface area contributed by atoms with E-state index in [-0.39, 0.29) is 30.1 Å². The van der Waals surface area contributed by atoms with Crippen LogP contribution >= 0.6 is 0 Å². The van der Waals surface area contributed by atoms with Gasteiger partial charge in [-0.15, -0.1) is 0 Å². The van der Waals surface area contributed by atoms with E-state index in [1.807, 2.05) is 24.3 Å². The van der Waals surface area contributed by atoms with Crippen molar-refractivity contribution < 1.29 is 17.9 Å². The summed E-state index contributed by atoms with van der Waals surface area (Å²) in [6.07, 6.45) is 3.17. The Morgan fingerprint density at radius 3 is 2.13 bits per heavy atom. The van der Waals surface area contributed by atoms with Gasteiger partial charge in [-0.2, -0.15) is 0 Å². The van der Waals surface area contributed by atoms with Crippen LogP contribution in [0.5, 0.6) is 0 Å². The lowest BCUT2D eigenvalue weighted by molar-refractivity contribution is -0.120. The molecule has 0 aromatic heterocycles. The second-order valence-electron chi connectivity index (χ2n) is 8.96. The second kappa shape index (κ2) is 9.66. The van der Waals surface area contributed by atoms with Crippen LogP contribution in [0, 0.1) is 5.92 Å². The van der Waals surface area contributed by atoms with E-state index in [9.17, 15) is 13.2 Å². The topological polar surface area (TPSA) is 87.7 Å². The maximum Gasteiger partial charge on any atom is 0.227 e. The smallest absolute Gasteiger partial charge is 0.227 e. The number of amides is 1. The third kappa shape index (κ3) is 5.95. The van der Waals surface area contributed by atoms with Crippen molar-refractivity contribution in [2.75, 3.05) is 23.3 Å². The number of anilines is 2. The predicted molar refractivity (Wildman–Crippen MR) is 120 cm³/mol. The summed E-state index contributed by atoms with van der Waals surface area (Å²) in [6.45, 7) is 9.24. The zero-order chi connectivity index (χ0) is 21.9. The van der Waals surface area contributed by atoms with Gasteiger partial charge in [0, 0.05) is 36.4 Å². The third-order valence-corrected chi connectivity index (χ3v) is 7.87. The van der Waals surface area contributed by atoms with Crippen molar-refractivity contribution in [2.45, 2.75) is 76.9 Å². The molecule has 0 bridgehead atoms. The van der Waals surface area contributed by atoms with Gasteiger partial charge in [-0.1, -0.05) is 0 Å². The standard InChI is InChI=1S/C22H35N3O4S/c1-15(2)30(27,28)24-20-7-5-18(6-8-20)22(26)23-19-9-11-21(12-10-19)25-13-16(3)29-17(4)14-25/h9-12,15-18,20,24H,5-8,13-14H2,1-4H3,(H,23,26)/t16-,17+,18?,20?. The Hall–Kier alpha value is -1.64. The first kappa shape index (κ1) is 23.0. The van der Waals surface area contributed by atoms with Crippen LogP contribution in [0.2, 0.25) is 0 Å². The van der Waals surface area contributed by atoms with Crippen molar-refractivity contribution in [3.8, 4) is 0 Å². The van der Waals surface area contributed by atoms with Crippen LogP contribution in [0.3, 0.4) is 0 Å². The highest BCUT2D eigenvalue weighted by Gasteiger charge is 2.29. The molecule has 1 aromatic carbocycles. The Morgan fingerprint density at radius 1 is 1.03 bits per heavy atom. The molecule has 1 saturated heterocycles. The van der Waals surface area contributed by atoms with Crippen LogP contribution < -0.4 is 14.9 Å². The predicted octanol–water partition coefficient (Wildman–Crippen LogP) is 3.13. The molecule has 2 fully saturated rings. The van der Waals surface area contributed by atoms with Crippen molar-refractivity contribution >= 4 is 27.3 Å². The van der Waals surface area contributed by atoms with Gasteiger partial charge in [-0.05, 0) is 77.6 Å². The molecule has 7 nitrogen and oxygen atoms in total. The highest BCUT2D eigenvalue weighted by molar-refractivity contribution is 7.90. The van der Waals surface area contributed by atoms with E-state index >= 15 is 0 Å². The van der Waals surface area contributed by atoms with Crippen LogP contribution in [0.4, 0.5) is 11.4 Å². The summed E-state index contributed by atoms with van der Waals surface area (Å²) in [5.41, 5.74) is 1.92. The Balaban J connectivity index is 1.50. The molecule has 1 aliphatic heterocycles. The lowest BCUT2D eigenvalue weighted by atomic mass is 9.86. The largest absolute Gasteiger partial charge is 0.372 e. The number of hydrogen-bond donors (Lipinski definition) is 2. The van der Waals surface area contributed by atoms with Gasteiger partial charge in [0.1, 0.15) is 0 Å². The number of ether oxygens (including phenoxy) is 1. The molecule has 1 heterocycles. The van der Waals surface area contributed by atoms with E-state index in [2.05, 4.69) is 28.8 Å². The lowest BCUT2D eigenvalue weighted by Crippen LogP contribution is -2.45. The molecule has 0 unspecified atom stereocenters. The quantitative estimate of drug-likeness (QED) is 0.714. The zero-order valence-corrected chi connectivity index (χ0v) is 19.2. The van der Waals surface area contributed by atoms with Gasteiger partial charge < -0.3 is 15.0 Å². The average molecular weight is 438 g/mol. The fraction of sp³-hybridized carbons (Fsp3) is 0.682. The van der Waals surface area contributed by atoms with E-state index in [4.69, 9.17) is 4.74 Å². The minimum atomic E-state index is -3.27. The Morgan fingerprint density at radius 2 is 1.60 bits per heavy atom. The maximum atomic E-state index is 12.7. The molecule has 1 aromatic rings. The van der Waals surface area contributed by atoms with Crippen LogP contribution in [-0.4, -0.2) is 50.9 Å². The fourth-order valence-corrected chi connectivity index (χ4v) is 5.20. The first-order valence-corrected chi connectivity index (χ1v) is 12.5. The summed E-state index contributed by atoms with van der Waals surface area (Å²) < 4.78 is 32.6. The summed E-state index contributed by atoms with van der Waals surface area (Å²) in [4.78, 5) is 15.0. The molecule has 1 aliphatic carbocycles. The molecule has 168 valence electrons. The Labute approximate surface area is 180 Å². The summed E-state index contributed by atoms with van der Waals surface area (Å²) in [5.74, 6) is -0.0630. The number of carbonyl (C=O) groups excluding carboxylic acids is 1. The highest BCUT2D eigenvalue weighted by Crippen LogP contribution is 2.27. The minimum absolute atomic E-state index is 0.0153. The number of benzene rings is 1. The van der Waals surface area contributed by atoms with Gasteiger partial charge in [-0.3, -0.25) is 4.79 Å². The number of carbonyl (C=O) groups is 1. The Bertz CT molecular complexity index is 807. The molecule has 8 heteroatoms. The van der Waals surface area contributed by atoms with Gasteiger partial charge in [0.15, 0.2) is 0 Å². The van der Waals surface area contributed by atoms with Crippen molar-refractivity contribution in [3.63, 3.8) is 0 Å². The number of nitrogens with zero attached hydrogens (tertiary/aromatic N) is 1. The summed E-state index contributed by atoms with van der Waals surface area (Å²) in [6, 6.07) is 7.90. The SMILES string of the molecule is CC(C)S(=O)(=O)NC1CCC(C(=O)Nc2ccc(N3C[C@@H](C)O[C@@H](C)C3)cc2)CC1. The Kier molecular flexibility index (Phi) is 7.42. The first-order chi connectivity index (χ1) is 14.1. The lowest BCUT2D eigenvalue weighted by Gasteiger charge is -2.36. The van der Waals surface area contributed by atoms with Gasteiger partial charge in [-0.25, -0.2) is 13.1 Å². The normalized spacial score (nSPS) is 27.8. The molecule has 2 N–H and O–H groups in total. The zero-order valence-electron chi connectivity index (χ0n) is 18.4. The van der Waals surface area contributed by atoms with Gasteiger partial charge in [0.2, 0.25) is 15.9 Å².